The summed E-state index contributed by atoms with van der Waals surface area (Å²) < 4.78 is 2.11. The summed E-state index contributed by atoms with van der Waals surface area (Å²) in [5.41, 5.74) is 9.74. The van der Waals surface area contributed by atoms with Crippen molar-refractivity contribution in [2.75, 3.05) is 0 Å². The second-order valence-corrected chi connectivity index (χ2v) is 5.31. The number of hydrogen-bond donors (Lipinski definition) is 2. The van der Waals surface area contributed by atoms with Gasteiger partial charge in [-0.1, -0.05) is 42.5 Å². The van der Waals surface area contributed by atoms with Gasteiger partial charge in [0.25, 0.3) is 0 Å². The Labute approximate surface area is 129 Å². The van der Waals surface area contributed by atoms with Crippen LogP contribution in [0, 0.1) is 12.3 Å². The maximum absolute atomic E-state index is 7.55. The molecule has 0 amide bonds. The van der Waals surface area contributed by atoms with Crippen LogP contribution in [0.4, 0.5) is 0 Å². The highest BCUT2D eigenvalue weighted by molar-refractivity contribution is 5.95. The summed E-state index contributed by atoms with van der Waals surface area (Å²) in [7, 11) is 0. The highest BCUT2D eigenvalue weighted by Crippen LogP contribution is 2.22. The molecule has 22 heavy (non-hydrogen) atoms. The standard InChI is InChI=1S/C18H18N4/c1-13-5-2-3-8-16(13)18-21-9-10-22(18)12-14-6-4-7-15(11-14)17(19)20/h2-11H,12H2,1H3,(H3,19,20). The van der Waals surface area contributed by atoms with Crippen molar-refractivity contribution < 1.29 is 0 Å². The smallest absolute Gasteiger partial charge is 0.140 e. The van der Waals surface area contributed by atoms with Crippen LogP contribution in [0.5, 0.6) is 0 Å². The van der Waals surface area contributed by atoms with Crippen LogP contribution in [0.3, 0.4) is 0 Å². The van der Waals surface area contributed by atoms with Crippen molar-refractivity contribution in [1.29, 1.82) is 5.41 Å². The molecule has 3 rings (SSSR count). The lowest BCUT2D eigenvalue weighted by atomic mass is 10.1. The lowest BCUT2D eigenvalue weighted by molar-refractivity contribution is 0.806. The Morgan fingerprint density at radius 1 is 1.18 bits per heavy atom. The molecule has 0 unspecified atom stereocenters. The second-order valence-electron chi connectivity index (χ2n) is 5.31. The van der Waals surface area contributed by atoms with Gasteiger partial charge in [-0.3, -0.25) is 5.41 Å². The zero-order valence-corrected chi connectivity index (χ0v) is 12.5. The molecule has 2 aromatic carbocycles. The highest BCUT2D eigenvalue weighted by Gasteiger charge is 2.09. The number of nitrogen functional groups attached to an aromatic ring is 1. The van der Waals surface area contributed by atoms with Gasteiger partial charge in [-0.05, 0) is 24.1 Å². The van der Waals surface area contributed by atoms with Gasteiger partial charge in [0.1, 0.15) is 11.7 Å². The van der Waals surface area contributed by atoms with E-state index >= 15 is 0 Å². The summed E-state index contributed by atoms with van der Waals surface area (Å²) >= 11 is 0. The van der Waals surface area contributed by atoms with Crippen LogP contribution >= 0.6 is 0 Å². The van der Waals surface area contributed by atoms with Crippen molar-refractivity contribution in [2.24, 2.45) is 5.73 Å². The maximum Gasteiger partial charge on any atom is 0.140 e. The van der Waals surface area contributed by atoms with Crippen LogP contribution in [-0.4, -0.2) is 15.4 Å². The predicted molar refractivity (Wildman–Crippen MR) is 89.0 cm³/mol. The lowest BCUT2D eigenvalue weighted by Gasteiger charge is -2.11. The fraction of sp³-hybridized carbons (Fsp3) is 0.111. The van der Waals surface area contributed by atoms with E-state index in [0.717, 1.165) is 22.5 Å². The molecule has 0 bridgehead atoms. The van der Waals surface area contributed by atoms with Gasteiger partial charge in [0.2, 0.25) is 0 Å². The van der Waals surface area contributed by atoms with Crippen LogP contribution in [-0.2, 0) is 6.54 Å². The average Bonchev–Trinajstić information content (AvgIpc) is 2.96. The number of nitrogens with zero attached hydrogens (tertiary/aromatic N) is 2. The molecule has 0 radical (unpaired) electrons. The van der Waals surface area contributed by atoms with Gasteiger partial charge in [0, 0.05) is 30.1 Å². The van der Waals surface area contributed by atoms with Crippen molar-refractivity contribution >= 4 is 5.84 Å². The van der Waals surface area contributed by atoms with E-state index in [4.69, 9.17) is 11.1 Å². The fourth-order valence-electron chi connectivity index (χ4n) is 2.54. The van der Waals surface area contributed by atoms with E-state index in [9.17, 15) is 0 Å². The van der Waals surface area contributed by atoms with Gasteiger partial charge < -0.3 is 10.3 Å². The fourth-order valence-corrected chi connectivity index (χ4v) is 2.54. The second kappa shape index (κ2) is 5.85. The molecule has 0 aliphatic heterocycles. The molecular weight excluding hydrogens is 272 g/mol. The minimum absolute atomic E-state index is 0.0895. The summed E-state index contributed by atoms with van der Waals surface area (Å²) in [6.45, 7) is 2.79. The van der Waals surface area contributed by atoms with Crippen LogP contribution in [0.1, 0.15) is 16.7 Å². The topological polar surface area (TPSA) is 67.7 Å². The molecule has 4 heteroatoms. The van der Waals surface area contributed by atoms with E-state index in [0.29, 0.717) is 6.54 Å². The van der Waals surface area contributed by atoms with E-state index < -0.39 is 0 Å². The Balaban J connectivity index is 1.95. The zero-order valence-electron chi connectivity index (χ0n) is 12.5. The third-order valence-electron chi connectivity index (χ3n) is 3.69. The molecule has 0 saturated carbocycles. The summed E-state index contributed by atoms with van der Waals surface area (Å²) in [5, 5.41) is 7.55. The van der Waals surface area contributed by atoms with E-state index in [-0.39, 0.29) is 5.84 Å². The van der Waals surface area contributed by atoms with Crippen LogP contribution in [0.2, 0.25) is 0 Å². The molecule has 3 N–H and O–H groups in total. The maximum atomic E-state index is 7.55. The number of rotatable bonds is 4. The number of aryl methyl sites for hydroxylation is 1. The Morgan fingerprint density at radius 2 is 2.00 bits per heavy atom. The van der Waals surface area contributed by atoms with Gasteiger partial charge in [-0.15, -0.1) is 0 Å². The SMILES string of the molecule is Cc1ccccc1-c1nccn1Cc1cccc(C(=N)N)c1. The predicted octanol–water partition coefficient (Wildman–Crippen LogP) is 3.19. The van der Waals surface area contributed by atoms with Crippen molar-refractivity contribution in [3.8, 4) is 11.4 Å². The number of benzene rings is 2. The zero-order chi connectivity index (χ0) is 15.5. The number of imidazole rings is 1. The van der Waals surface area contributed by atoms with Crippen LogP contribution < -0.4 is 5.73 Å². The molecule has 3 aromatic rings. The van der Waals surface area contributed by atoms with Gasteiger partial charge >= 0.3 is 0 Å². The molecule has 0 aliphatic rings. The monoisotopic (exact) mass is 290 g/mol. The Kier molecular flexibility index (Phi) is 3.74. The van der Waals surface area contributed by atoms with E-state index in [1.165, 1.54) is 5.56 Å². The van der Waals surface area contributed by atoms with Crippen molar-refractivity contribution in [1.82, 2.24) is 9.55 Å². The first kappa shape index (κ1) is 14.1. The molecular formula is C18H18N4. The Bertz CT molecular complexity index is 817. The number of hydrogen-bond acceptors (Lipinski definition) is 2. The molecule has 0 fully saturated rings. The minimum Gasteiger partial charge on any atom is -0.384 e. The molecule has 0 spiro atoms. The Morgan fingerprint density at radius 3 is 2.77 bits per heavy atom. The van der Waals surface area contributed by atoms with Crippen molar-refractivity contribution in [3.63, 3.8) is 0 Å². The summed E-state index contributed by atoms with van der Waals surface area (Å²) in [6, 6.07) is 16.0. The molecule has 110 valence electrons. The molecule has 1 heterocycles. The van der Waals surface area contributed by atoms with E-state index in [1.54, 1.807) is 0 Å². The van der Waals surface area contributed by atoms with Gasteiger partial charge in [-0.25, -0.2) is 4.98 Å². The van der Waals surface area contributed by atoms with E-state index in [2.05, 4.69) is 28.6 Å². The quantitative estimate of drug-likeness (QED) is 0.572. The first-order chi connectivity index (χ1) is 10.6. The third-order valence-corrected chi connectivity index (χ3v) is 3.69. The van der Waals surface area contributed by atoms with Crippen LogP contribution in [0.15, 0.2) is 60.9 Å². The summed E-state index contributed by atoms with van der Waals surface area (Å²) in [6.07, 6.45) is 3.79. The van der Waals surface area contributed by atoms with Crippen molar-refractivity contribution in [3.05, 3.63) is 77.6 Å². The van der Waals surface area contributed by atoms with Gasteiger partial charge in [0.15, 0.2) is 0 Å². The molecule has 0 aliphatic carbocycles. The minimum atomic E-state index is 0.0895. The molecule has 4 nitrogen and oxygen atoms in total. The number of nitrogens with one attached hydrogen (secondary N) is 1. The third kappa shape index (κ3) is 2.76. The van der Waals surface area contributed by atoms with Crippen molar-refractivity contribution in [2.45, 2.75) is 13.5 Å². The van der Waals surface area contributed by atoms with Gasteiger partial charge in [-0.2, -0.15) is 0 Å². The van der Waals surface area contributed by atoms with Crippen LogP contribution in [0.25, 0.3) is 11.4 Å². The normalized spacial score (nSPS) is 10.6. The number of amidine groups is 1. The van der Waals surface area contributed by atoms with E-state index in [1.807, 2.05) is 48.8 Å². The number of nitrogens with two attached hydrogens (primary N) is 1. The molecule has 1 aromatic heterocycles. The number of aromatic nitrogens is 2. The Hall–Kier alpha value is -2.88. The first-order valence-electron chi connectivity index (χ1n) is 7.15. The molecule has 0 atom stereocenters. The largest absolute Gasteiger partial charge is 0.384 e. The average molecular weight is 290 g/mol. The first-order valence-corrected chi connectivity index (χ1v) is 7.15. The summed E-state index contributed by atoms with van der Waals surface area (Å²) in [5.74, 6) is 1.04. The molecule has 0 saturated heterocycles. The van der Waals surface area contributed by atoms with Gasteiger partial charge in [0.05, 0.1) is 0 Å². The summed E-state index contributed by atoms with van der Waals surface area (Å²) in [4.78, 5) is 4.50. The lowest BCUT2D eigenvalue weighted by Crippen LogP contribution is -2.11. The highest BCUT2D eigenvalue weighted by atomic mass is 15.1.